The van der Waals surface area contributed by atoms with Crippen LogP contribution in [0.25, 0.3) is 0 Å². The minimum absolute atomic E-state index is 0.0879. The zero-order chi connectivity index (χ0) is 18.6. The molecular formula is C17H27N3O4S. The van der Waals surface area contributed by atoms with E-state index in [1.165, 1.54) is 26.2 Å². The Balaban J connectivity index is 1.86. The normalized spacial score (nSPS) is 22.1. The molecule has 0 aromatic heterocycles. The van der Waals surface area contributed by atoms with E-state index in [2.05, 4.69) is 10.2 Å². The van der Waals surface area contributed by atoms with Crippen LogP contribution in [-0.2, 0) is 19.6 Å². The Morgan fingerprint density at radius 2 is 1.76 bits per heavy atom. The summed E-state index contributed by atoms with van der Waals surface area (Å²) in [5.74, 6) is -0.0879. The third-order valence-corrected chi connectivity index (χ3v) is 5.90. The number of morpholine rings is 1. The van der Waals surface area contributed by atoms with E-state index in [1.807, 2.05) is 13.8 Å². The van der Waals surface area contributed by atoms with Gasteiger partial charge < -0.3 is 10.1 Å². The molecule has 1 aromatic rings. The molecule has 140 valence electrons. The number of sulfonamides is 1. The Kier molecular flexibility index (Phi) is 6.56. The molecule has 0 spiro atoms. The molecule has 0 aliphatic carbocycles. The standard InChI is InChI=1S/C17H27N3O4S/c1-13-11-20(12-14(2)24-13)10-9-17(21)18-15-5-7-16(8-6-15)25(22,23)19(3)4/h5-8,13-14H,9-12H2,1-4H3,(H,18,21). The lowest BCUT2D eigenvalue weighted by Crippen LogP contribution is -2.46. The second-order valence-electron chi connectivity index (χ2n) is 6.63. The third-order valence-electron chi connectivity index (χ3n) is 4.07. The van der Waals surface area contributed by atoms with Crippen LogP contribution in [0.5, 0.6) is 0 Å². The SMILES string of the molecule is CC1CN(CCC(=O)Nc2ccc(S(=O)(=O)N(C)C)cc2)CC(C)O1. The molecule has 1 fully saturated rings. The van der Waals surface area contributed by atoms with Gasteiger partial charge in [0.25, 0.3) is 0 Å². The fourth-order valence-corrected chi connectivity index (χ4v) is 3.77. The van der Waals surface area contributed by atoms with E-state index in [0.29, 0.717) is 18.7 Å². The molecule has 7 nitrogen and oxygen atoms in total. The van der Waals surface area contributed by atoms with Crippen LogP contribution >= 0.6 is 0 Å². The topological polar surface area (TPSA) is 79.0 Å². The molecule has 2 unspecified atom stereocenters. The average Bonchev–Trinajstić information content (AvgIpc) is 2.52. The molecule has 1 aliphatic heterocycles. The molecule has 1 saturated heterocycles. The lowest BCUT2D eigenvalue weighted by Gasteiger charge is -2.35. The molecule has 1 aromatic carbocycles. The molecule has 2 rings (SSSR count). The first-order valence-corrected chi connectivity index (χ1v) is 9.82. The van der Waals surface area contributed by atoms with E-state index in [0.717, 1.165) is 17.4 Å². The largest absolute Gasteiger partial charge is 0.373 e. The van der Waals surface area contributed by atoms with Gasteiger partial charge in [0, 0.05) is 45.8 Å². The number of ether oxygens (including phenoxy) is 1. The number of carbonyl (C=O) groups excluding carboxylic acids is 1. The number of carbonyl (C=O) groups is 1. The summed E-state index contributed by atoms with van der Waals surface area (Å²) in [5.41, 5.74) is 0.589. The second-order valence-corrected chi connectivity index (χ2v) is 8.78. The maximum Gasteiger partial charge on any atom is 0.242 e. The third kappa shape index (κ3) is 5.50. The summed E-state index contributed by atoms with van der Waals surface area (Å²) in [7, 11) is -0.486. The lowest BCUT2D eigenvalue weighted by atomic mass is 10.2. The molecule has 25 heavy (non-hydrogen) atoms. The molecule has 0 radical (unpaired) electrons. The first kappa shape index (κ1) is 19.8. The summed E-state index contributed by atoms with van der Waals surface area (Å²) >= 11 is 0. The van der Waals surface area contributed by atoms with Gasteiger partial charge in [-0.2, -0.15) is 0 Å². The number of anilines is 1. The van der Waals surface area contributed by atoms with Gasteiger partial charge in [-0.3, -0.25) is 9.69 Å². The number of amides is 1. The van der Waals surface area contributed by atoms with Gasteiger partial charge in [-0.05, 0) is 38.1 Å². The number of nitrogens with one attached hydrogen (secondary N) is 1. The number of rotatable bonds is 6. The highest BCUT2D eigenvalue weighted by Crippen LogP contribution is 2.17. The van der Waals surface area contributed by atoms with Crippen molar-refractivity contribution in [3.05, 3.63) is 24.3 Å². The summed E-state index contributed by atoms with van der Waals surface area (Å²) in [6.07, 6.45) is 0.744. The minimum Gasteiger partial charge on any atom is -0.373 e. The minimum atomic E-state index is -3.46. The fourth-order valence-electron chi connectivity index (χ4n) is 2.87. The summed E-state index contributed by atoms with van der Waals surface area (Å²) in [5, 5.41) is 2.81. The van der Waals surface area contributed by atoms with Gasteiger partial charge in [-0.1, -0.05) is 0 Å². The highest BCUT2D eigenvalue weighted by Gasteiger charge is 2.22. The van der Waals surface area contributed by atoms with Crippen LogP contribution in [0.1, 0.15) is 20.3 Å². The maximum absolute atomic E-state index is 12.1. The number of benzene rings is 1. The Morgan fingerprint density at radius 3 is 2.28 bits per heavy atom. The van der Waals surface area contributed by atoms with Crippen LogP contribution in [0.15, 0.2) is 29.2 Å². The maximum atomic E-state index is 12.1. The van der Waals surface area contributed by atoms with Gasteiger partial charge in [0.1, 0.15) is 0 Å². The first-order chi connectivity index (χ1) is 11.7. The van der Waals surface area contributed by atoms with Crippen molar-refractivity contribution >= 4 is 21.6 Å². The van der Waals surface area contributed by atoms with Crippen molar-refractivity contribution in [2.45, 2.75) is 37.4 Å². The number of hydrogen-bond acceptors (Lipinski definition) is 5. The zero-order valence-electron chi connectivity index (χ0n) is 15.2. The van der Waals surface area contributed by atoms with E-state index < -0.39 is 10.0 Å². The predicted octanol–water partition coefficient (Wildman–Crippen LogP) is 1.37. The molecule has 1 N–H and O–H groups in total. The van der Waals surface area contributed by atoms with Crippen molar-refractivity contribution in [1.29, 1.82) is 0 Å². The summed E-state index contributed by atoms with van der Waals surface area (Å²) < 4.78 is 30.9. The fraction of sp³-hybridized carbons (Fsp3) is 0.588. The number of nitrogens with zero attached hydrogens (tertiary/aromatic N) is 2. The van der Waals surface area contributed by atoms with Gasteiger partial charge in [-0.25, -0.2) is 12.7 Å². The molecule has 0 bridgehead atoms. The molecule has 2 atom stereocenters. The number of hydrogen-bond donors (Lipinski definition) is 1. The van der Waals surface area contributed by atoms with Crippen molar-refractivity contribution in [3.63, 3.8) is 0 Å². The monoisotopic (exact) mass is 369 g/mol. The highest BCUT2D eigenvalue weighted by atomic mass is 32.2. The van der Waals surface area contributed by atoms with E-state index >= 15 is 0 Å². The summed E-state index contributed by atoms with van der Waals surface area (Å²) in [4.78, 5) is 14.5. The van der Waals surface area contributed by atoms with Crippen molar-refractivity contribution < 1.29 is 17.9 Å². The van der Waals surface area contributed by atoms with Crippen LogP contribution in [0, 0.1) is 0 Å². The molecular weight excluding hydrogens is 342 g/mol. The quantitative estimate of drug-likeness (QED) is 0.819. The zero-order valence-corrected chi connectivity index (χ0v) is 16.0. The van der Waals surface area contributed by atoms with Crippen LogP contribution in [0.3, 0.4) is 0 Å². The Hall–Kier alpha value is -1.48. The van der Waals surface area contributed by atoms with E-state index in [-0.39, 0.29) is 23.0 Å². The van der Waals surface area contributed by atoms with Crippen molar-refractivity contribution in [2.24, 2.45) is 0 Å². The lowest BCUT2D eigenvalue weighted by molar-refractivity contribution is -0.117. The summed E-state index contributed by atoms with van der Waals surface area (Å²) in [6.45, 7) is 6.40. The van der Waals surface area contributed by atoms with Crippen LogP contribution < -0.4 is 5.32 Å². The Bertz CT molecular complexity index is 678. The van der Waals surface area contributed by atoms with E-state index in [9.17, 15) is 13.2 Å². The second kappa shape index (κ2) is 8.27. The summed E-state index contributed by atoms with van der Waals surface area (Å²) in [6, 6.07) is 6.20. The van der Waals surface area contributed by atoms with Gasteiger partial charge in [0.05, 0.1) is 17.1 Å². The average molecular weight is 369 g/mol. The smallest absolute Gasteiger partial charge is 0.242 e. The van der Waals surface area contributed by atoms with Crippen LogP contribution in [-0.4, -0.2) is 69.5 Å². The van der Waals surface area contributed by atoms with Crippen molar-refractivity contribution in [2.75, 3.05) is 39.0 Å². The molecule has 0 saturated carbocycles. The Labute approximate surface area is 150 Å². The van der Waals surface area contributed by atoms with Crippen LogP contribution in [0.2, 0.25) is 0 Å². The highest BCUT2D eigenvalue weighted by molar-refractivity contribution is 7.89. The van der Waals surface area contributed by atoms with Crippen LogP contribution in [0.4, 0.5) is 5.69 Å². The molecule has 1 amide bonds. The molecule has 8 heteroatoms. The first-order valence-electron chi connectivity index (χ1n) is 8.38. The molecule has 1 aliphatic rings. The predicted molar refractivity (Wildman–Crippen MR) is 97.0 cm³/mol. The van der Waals surface area contributed by atoms with Gasteiger partial charge in [0.15, 0.2) is 0 Å². The van der Waals surface area contributed by atoms with Crippen molar-refractivity contribution in [3.8, 4) is 0 Å². The molecule has 1 heterocycles. The van der Waals surface area contributed by atoms with E-state index in [4.69, 9.17) is 4.74 Å². The van der Waals surface area contributed by atoms with Gasteiger partial charge in [0.2, 0.25) is 15.9 Å². The van der Waals surface area contributed by atoms with E-state index in [1.54, 1.807) is 12.1 Å². The Morgan fingerprint density at radius 1 is 1.20 bits per heavy atom. The van der Waals surface area contributed by atoms with Gasteiger partial charge in [-0.15, -0.1) is 0 Å². The van der Waals surface area contributed by atoms with Gasteiger partial charge >= 0.3 is 0 Å². The van der Waals surface area contributed by atoms with Crippen molar-refractivity contribution in [1.82, 2.24) is 9.21 Å².